The highest BCUT2D eigenvalue weighted by Gasteiger charge is 2.53. The molecular formula is C30H37F3N2O9S. The van der Waals surface area contributed by atoms with Crippen LogP contribution in [0.1, 0.15) is 76.9 Å². The van der Waals surface area contributed by atoms with Crippen LogP contribution in [0.3, 0.4) is 0 Å². The van der Waals surface area contributed by atoms with Crippen LogP contribution in [0.4, 0.5) is 13.2 Å². The summed E-state index contributed by atoms with van der Waals surface area (Å²) in [4.78, 5) is 48.1. The third-order valence-corrected chi connectivity index (χ3v) is 8.10. The van der Waals surface area contributed by atoms with Gasteiger partial charge in [-0.15, -0.1) is 16.9 Å². The molecule has 45 heavy (non-hydrogen) atoms. The predicted octanol–water partition coefficient (Wildman–Crippen LogP) is 4.81. The van der Waals surface area contributed by atoms with Gasteiger partial charge in [-0.2, -0.15) is 13.2 Å². The summed E-state index contributed by atoms with van der Waals surface area (Å²) in [5, 5.41) is 3.26. The van der Waals surface area contributed by atoms with E-state index in [0.717, 1.165) is 56.1 Å². The summed E-state index contributed by atoms with van der Waals surface area (Å²) in [6, 6.07) is 6.37. The van der Waals surface area contributed by atoms with Gasteiger partial charge in [-0.25, -0.2) is 0 Å². The van der Waals surface area contributed by atoms with Gasteiger partial charge in [-0.05, 0) is 31.4 Å². The highest BCUT2D eigenvalue weighted by molar-refractivity contribution is 8.00. The number of carbonyl (C=O) groups is 4. The summed E-state index contributed by atoms with van der Waals surface area (Å²) in [7, 11) is 0. The molecule has 3 rings (SSSR count). The second kappa shape index (κ2) is 15.0. The molecule has 0 amide bonds. The molecule has 0 spiro atoms. The standard InChI is InChI=1S/C30H37F3N2O9S/c1-8-20-9-11-21(12-10-20)13-22-27(30(31,32)33)35(15(2)3)34-28(22)44-29-26(43-19(7)39)25(42-18(6)38)24(41-17(5)37)23(45-29)14-40-16(4)36/h9-12,15,23-26,29H,8,13-14H2,1-7H3/t23-,24?,25?,26?,29?/m1/s1. The molecule has 11 nitrogen and oxygen atoms in total. The van der Waals surface area contributed by atoms with Crippen LogP contribution < -0.4 is 4.74 Å². The summed E-state index contributed by atoms with van der Waals surface area (Å²) < 4.78 is 72.3. The van der Waals surface area contributed by atoms with Crippen molar-refractivity contribution in [3.05, 3.63) is 46.6 Å². The summed E-state index contributed by atoms with van der Waals surface area (Å²) >= 11 is 0.875. The van der Waals surface area contributed by atoms with Gasteiger partial charge in [-0.3, -0.25) is 23.9 Å². The number of aryl methyl sites for hydroxylation is 1. The molecule has 248 valence electrons. The Labute approximate surface area is 263 Å². The zero-order valence-electron chi connectivity index (χ0n) is 26.0. The topological polar surface area (TPSA) is 132 Å². The largest absolute Gasteiger partial charge is 0.465 e. The molecule has 5 atom stereocenters. The third-order valence-electron chi connectivity index (χ3n) is 6.72. The van der Waals surface area contributed by atoms with Gasteiger partial charge in [0, 0.05) is 40.2 Å². The maximum atomic E-state index is 14.6. The Hall–Kier alpha value is -3.75. The Morgan fingerprint density at radius 2 is 1.40 bits per heavy atom. The fourth-order valence-corrected chi connectivity index (χ4v) is 6.24. The van der Waals surface area contributed by atoms with Gasteiger partial charge in [0.1, 0.15) is 12.3 Å². The quantitative estimate of drug-likeness (QED) is 0.243. The Bertz CT molecular complexity index is 1380. The fraction of sp³-hybridized carbons (Fsp3) is 0.567. The zero-order valence-corrected chi connectivity index (χ0v) is 26.8. The number of rotatable bonds is 11. The van der Waals surface area contributed by atoms with Crippen LogP contribution in [0.25, 0.3) is 0 Å². The number of esters is 4. The van der Waals surface area contributed by atoms with Gasteiger partial charge in [0.2, 0.25) is 5.88 Å². The second-order valence-electron chi connectivity index (χ2n) is 10.7. The van der Waals surface area contributed by atoms with Gasteiger partial charge in [0.25, 0.3) is 0 Å². The first-order chi connectivity index (χ1) is 21.0. The van der Waals surface area contributed by atoms with Gasteiger partial charge in [0.05, 0.1) is 10.8 Å². The zero-order chi connectivity index (χ0) is 33.6. The van der Waals surface area contributed by atoms with Crippen molar-refractivity contribution in [3.8, 4) is 5.88 Å². The lowest BCUT2D eigenvalue weighted by Crippen LogP contribution is -2.59. The molecule has 1 aromatic carbocycles. The number of carbonyl (C=O) groups excluding carboxylic acids is 4. The summed E-state index contributed by atoms with van der Waals surface area (Å²) in [6.07, 6.45) is -8.49. The average molecular weight is 659 g/mol. The maximum Gasteiger partial charge on any atom is 0.433 e. The van der Waals surface area contributed by atoms with Gasteiger partial charge >= 0.3 is 30.1 Å². The molecular weight excluding hydrogens is 621 g/mol. The molecule has 0 aliphatic carbocycles. The van der Waals surface area contributed by atoms with E-state index in [9.17, 15) is 32.3 Å². The van der Waals surface area contributed by atoms with Crippen molar-refractivity contribution in [2.24, 2.45) is 0 Å². The van der Waals surface area contributed by atoms with Crippen LogP contribution in [-0.4, -0.2) is 69.3 Å². The molecule has 1 aromatic heterocycles. The first-order valence-electron chi connectivity index (χ1n) is 14.2. The molecule has 0 N–H and O–H groups in total. The Balaban J connectivity index is 2.18. The normalized spacial score (nSPS) is 21.6. The Kier molecular flexibility index (Phi) is 11.9. The van der Waals surface area contributed by atoms with Gasteiger partial charge < -0.3 is 23.7 Å². The molecule has 1 fully saturated rings. The van der Waals surface area contributed by atoms with Crippen molar-refractivity contribution < 1.29 is 56.0 Å². The Morgan fingerprint density at radius 3 is 1.89 bits per heavy atom. The minimum Gasteiger partial charge on any atom is -0.465 e. The number of hydrogen-bond acceptors (Lipinski definition) is 11. The van der Waals surface area contributed by atoms with E-state index in [-0.39, 0.29) is 24.5 Å². The molecule has 0 bridgehead atoms. The number of aromatic nitrogens is 2. The SMILES string of the molecule is CCc1ccc(Cc2c(OC3S[C@H](COC(C)=O)C(OC(C)=O)C(OC(C)=O)C3OC(C)=O)nn(C(C)C)c2C(F)(F)F)cc1. The minimum atomic E-state index is -4.81. The lowest BCUT2D eigenvalue weighted by Gasteiger charge is -2.43. The van der Waals surface area contributed by atoms with Crippen molar-refractivity contribution in [2.75, 3.05) is 6.61 Å². The van der Waals surface area contributed by atoms with Crippen molar-refractivity contribution in [2.45, 2.75) is 103 Å². The number of ether oxygens (including phenoxy) is 5. The van der Waals surface area contributed by atoms with E-state index in [1.165, 1.54) is 0 Å². The van der Waals surface area contributed by atoms with Crippen LogP contribution in [0.5, 0.6) is 5.88 Å². The number of hydrogen-bond donors (Lipinski definition) is 0. The molecule has 2 aromatic rings. The van der Waals surface area contributed by atoms with Crippen molar-refractivity contribution in [3.63, 3.8) is 0 Å². The van der Waals surface area contributed by atoms with E-state index in [2.05, 4.69) is 5.10 Å². The number of alkyl halides is 3. The first-order valence-corrected chi connectivity index (χ1v) is 15.2. The molecule has 1 aliphatic heterocycles. The monoisotopic (exact) mass is 658 g/mol. The van der Waals surface area contributed by atoms with Crippen LogP contribution in [0.15, 0.2) is 24.3 Å². The van der Waals surface area contributed by atoms with Gasteiger partial charge in [-0.1, -0.05) is 31.2 Å². The highest BCUT2D eigenvalue weighted by Crippen LogP contribution is 2.43. The van der Waals surface area contributed by atoms with E-state index in [1.807, 2.05) is 19.1 Å². The molecule has 1 saturated heterocycles. The van der Waals surface area contributed by atoms with E-state index in [1.54, 1.807) is 26.0 Å². The number of halogens is 3. The molecule has 2 heterocycles. The molecule has 4 unspecified atom stereocenters. The van der Waals surface area contributed by atoms with E-state index >= 15 is 0 Å². The number of nitrogens with zero attached hydrogens (tertiary/aromatic N) is 2. The molecule has 15 heteroatoms. The van der Waals surface area contributed by atoms with Crippen LogP contribution in [0.2, 0.25) is 0 Å². The second-order valence-corrected chi connectivity index (χ2v) is 12.0. The Morgan fingerprint density at radius 1 is 0.867 bits per heavy atom. The summed E-state index contributed by atoms with van der Waals surface area (Å²) in [6.45, 7) is 9.11. The van der Waals surface area contributed by atoms with E-state index in [0.29, 0.717) is 5.56 Å². The van der Waals surface area contributed by atoms with Crippen molar-refractivity contribution in [1.29, 1.82) is 0 Å². The smallest absolute Gasteiger partial charge is 0.433 e. The van der Waals surface area contributed by atoms with Crippen LogP contribution in [-0.2, 0) is 57.1 Å². The maximum absolute atomic E-state index is 14.6. The average Bonchev–Trinajstić information content (AvgIpc) is 3.29. The lowest BCUT2D eigenvalue weighted by atomic mass is 10.0. The fourth-order valence-electron chi connectivity index (χ4n) is 4.87. The van der Waals surface area contributed by atoms with Crippen molar-refractivity contribution in [1.82, 2.24) is 9.78 Å². The molecule has 1 aliphatic rings. The van der Waals surface area contributed by atoms with Crippen LogP contribution >= 0.6 is 11.8 Å². The first kappa shape index (κ1) is 35.7. The highest BCUT2D eigenvalue weighted by atomic mass is 32.2. The number of thioether (sulfide) groups is 1. The lowest BCUT2D eigenvalue weighted by molar-refractivity contribution is -0.190. The number of benzene rings is 1. The molecule has 0 saturated carbocycles. The van der Waals surface area contributed by atoms with Crippen molar-refractivity contribution >= 4 is 35.6 Å². The van der Waals surface area contributed by atoms with Gasteiger partial charge in [0.15, 0.2) is 23.7 Å². The minimum absolute atomic E-state index is 0.198. The molecule has 0 radical (unpaired) electrons. The van der Waals surface area contributed by atoms with E-state index in [4.69, 9.17) is 23.7 Å². The van der Waals surface area contributed by atoms with E-state index < -0.39 is 70.8 Å². The summed E-state index contributed by atoms with van der Waals surface area (Å²) in [5.41, 5.74) is -1.04. The third kappa shape index (κ3) is 9.38. The summed E-state index contributed by atoms with van der Waals surface area (Å²) in [5.74, 6) is -3.47. The van der Waals surface area contributed by atoms with Crippen LogP contribution in [0, 0.1) is 0 Å². The predicted molar refractivity (Wildman–Crippen MR) is 155 cm³/mol.